The second-order valence-corrected chi connectivity index (χ2v) is 13.1. The number of nitrogen functional groups attached to an aromatic ring is 1. The molecule has 45 heavy (non-hydrogen) atoms. The summed E-state index contributed by atoms with van der Waals surface area (Å²) in [5, 5.41) is 16.2. The summed E-state index contributed by atoms with van der Waals surface area (Å²) in [6.45, 7) is 8.56. The highest BCUT2D eigenvalue weighted by atomic mass is 32.1. The lowest BCUT2D eigenvalue weighted by atomic mass is 9.85. The van der Waals surface area contributed by atoms with Crippen molar-refractivity contribution in [3.63, 3.8) is 0 Å². The van der Waals surface area contributed by atoms with Gasteiger partial charge in [-0.2, -0.15) is 0 Å². The van der Waals surface area contributed by atoms with Gasteiger partial charge in [-0.05, 0) is 47.7 Å². The molecule has 1 aliphatic rings. The van der Waals surface area contributed by atoms with Gasteiger partial charge in [0, 0.05) is 31.6 Å². The lowest BCUT2D eigenvalue weighted by Gasteiger charge is -2.35. The number of thiazole rings is 1. The molecule has 1 aromatic heterocycles. The Labute approximate surface area is 268 Å². The van der Waals surface area contributed by atoms with Crippen LogP contribution < -0.4 is 21.1 Å². The summed E-state index contributed by atoms with van der Waals surface area (Å²) >= 11 is 1.58. The molecule has 11 nitrogen and oxygen atoms in total. The highest BCUT2D eigenvalue weighted by Crippen LogP contribution is 2.28. The van der Waals surface area contributed by atoms with Gasteiger partial charge in [-0.25, -0.2) is 4.98 Å². The number of rotatable bonds is 13. The van der Waals surface area contributed by atoms with Gasteiger partial charge in [0.05, 0.1) is 35.4 Å². The molecular weight excluding hydrogens is 594 g/mol. The Hall–Kier alpha value is -4.00. The molecule has 0 radical (unpaired) electrons. The second-order valence-electron chi connectivity index (χ2n) is 12.2. The predicted octanol–water partition coefficient (Wildman–Crippen LogP) is 3.30. The van der Waals surface area contributed by atoms with E-state index in [-0.39, 0.29) is 51.0 Å². The Morgan fingerprint density at radius 3 is 2.44 bits per heavy atom. The fraction of sp³-hybridized carbons (Fsp3) is 0.455. The fourth-order valence-corrected chi connectivity index (χ4v) is 5.87. The number of anilines is 1. The molecule has 2 heterocycles. The van der Waals surface area contributed by atoms with E-state index in [1.807, 2.05) is 57.5 Å². The first-order valence-corrected chi connectivity index (χ1v) is 15.9. The van der Waals surface area contributed by atoms with Gasteiger partial charge in [-0.3, -0.25) is 14.4 Å². The van der Waals surface area contributed by atoms with Gasteiger partial charge >= 0.3 is 0 Å². The van der Waals surface area contributed by atoms with Crippen LogP contribution in [-0.4, -0.2) is 77.3 Å². The number of amides is 3. The minimum atomic E-state index is -0.901. The molecule has 1 fully saturated rings. The fourth-order valence-electron chi connectivity index (χ4n) is 5.06. The van der Waals surface area contributed by atoms with Gasteiger partial charge in [0.25, 0.3) is 0 Å². The largest absolute Gasteiger partial charge is 0.491 e. The number of ether oxygens (including phenoxy) is 2. The average molecular weight is 638 g/mol. The van der Waals surface area contributed by atoms with Crippen molar-refractivity contribution >= 4 is 34.7 Å². The van der Waals surface area contributed by atoms with E-state index in [9.17, 15) is 19.5 Å². The first-order chi connectivity index (χ1) is 21.4. The summed E-state index contributed by atoms with van der Waals surface area (Å²) in [7, 11) is 0. The summed E-state index contributed by atoms with van der Waals surface area (Å²) in [6, 6.07) is 13.2. The number of aryl methyl sites for hydroxylation is 1. The first kappa shape index (κ1) is 33.9. The first-order valence-electron chi connectivity index (χ1n) is 15.0. The molecule has 1 aliphatic heterocycles. The third-order valence-corrected chi connectivity index (χ3v) is 8.54. The number of nitrogens with zero attached hydrogens (tertiary/aromatic N) is 2. The van der Waals surface area contributed by atoms with E-state index in [4.69, 9.17) is 15.2 Å². The Morgan fingerprint density at radius 1 is 1.09 bits per heavy atom. The lowest BCUT2D eigenvalue weighted by Crippen LogP contribution is -2.57. The summed E-state index contributed by atoms with van der Waals surface area (Å²) in [5.41, 5.74) is 10.4. The van der Waals surface area contributed by atoms with Crippen LogP contribution in [0.1, 0.15) is 44.9 Å². The standard InChI is InChI=1S/C33H43N5O6S/c1-21-29(45-20-36-21)23-7-5-22(6-8-23)18-35-31(41)27-17-25(39)19-38(27)32(42)30(33(2,3)4)37-28(40)13-14-43-15-16-44-26-11-9-24(34)10-12-26/h5-12,20,25,27,30,39H,13-19,34H2,1-4H3,(H,35,41)(H,37,40)/t25-,27+,30-/m1/s1. The molecule has 4 rings (SSSR count). The van der Waals surface area contributed by atoms with Crippen molar-refractivity contribution in [2.75, 3.05) is 32.1 Å². The minimum absolute atomic E-state index is 0.0133. The van der Waals surface area contributed by atoms with Crippen LogP contribution in [0.25, 0.3) is 10.4 Å². The number of likely N-dealkylation sites (tertiary alicyclic amines) is 1. The van der Waals surface area contributed by atoms with E-state index < -0.39 is 29.5 Å². The predicted molar refractivity (Wildman–Crippen MR) is 173 cm³/mol. The molecule has 0 unspecified atom stereocenters. The number of aliphatic hydroxyl groups excluding tert-OH is 1. The molecule has 5 N–H and O–H groups in total. The summed E-state index contributed by atoms with van der Waals surface area (Å²) < 4.78 is 11.1. The van der Waals surface area contributed by atoms with Crippen LogP contribution in [0.15, 0.2) is 54.0 Å². The highest BCUT2D eigenvalue weighted by Gasteiger charge is 2.44. The van der Waals surface area contributed by atoms with Crippen LogP contribution in [0.2, 0.25) is 0 Å². The number of nitrogens with two attached hydrogens (primary N) is 1. The van der Waals surface area contributed by atoms with Crippen LogP contribution >= 0.6 is 11.3 Å². The Kier molecular flexibility index (Phi) is 11.5. The van der Waals surface area contributed by atoms with E-state index in [0.29, 0.717) is 18.0 Å². The topological polar surface area (TPSA) is 156 Å². The number of aliphatic hydroxyl groups is 1. The minimum Gasteiger partial charge on any atom is -0.491 e. The Balaban J connectivity index is 1.27. The molecule has 0 saturated carbocycles. The number of benzene rings is 2. The van der Waals surface area contributed by atoms with Crippen molar-refractivity contribution in [2.24, 2.45) is 5.41 Å². The molecule has 3 aromatic rings. The zero-order valence-corrected chi connectivity index (χ0v) is 27.1. The smallest absolute Gasteiger partial charge is 0.246 e. The van der Waals surface area contributed by atoms with Crippen LogP contribution in [0.4, 0.5) is 5.69 Å². The van der Waals surface area contributed by atoms with Crippen molar-refractivity contribution in [3.05, 3.63) is 65.3 Å². The van der Waals surface area contributed by atoms with Crippen molar-refractivity contribution < 1.29 is 29.0 Å². The molecule has 0 aliphatic carbocycles. The quantitative estimate of drug-likeness (QED) is 0.164. The number of aromatic nitrogens is 1. The number of nitrogens with one attached hydrogen (secondary N) is 2. The van der Waals surface area contributed by atoms with Gasteiger partial charge in [-0.15, -0.1) is 11.3 Å². The van der Waals surface area contributed by atoms with Crippen LogP contribution in [0.3, 0.4) is 0 Å². The van der Waals surface area contributed by atoms with Crippen LogP contribution in [-0.2, 0) is 25.7 Å². The monoisotopic (exact) mass is 637 g/mol. The number of β-amino-alcohol motifs (C(OH)–C–C–N with tert-alkyl or cyclic N) is 1. The molecule has 12 heteroatoms. The maximum Gasteiger partial charge on any atom is 0.246 e. The number of hydrogen-bond acceptors (Lipinski definition) is 9. The van der Waals surface area contributed by atoms with Gasteiger partial charge in [0.15, 0.2) is 0 Å². The van der Waals surface area contributed by atoms with Gasteiger partial charge in [0.1, 0.15) is 24.4 Å². The number of carbonyl (C=O) groups excluding carboxylic acids is 3. The van der Waals surface area contributed by atoms with Crippen molar-refractivity contribution in [1.29, 1.82) is 0 Å². The zero-order chi connectivity index (χ0) is 32.6. The van der Waals surface area contributed by atoms with Gasteiger partial charge in [0.2, 0.25) is 17.7 Å². The maximum absolute atomic E-state index is 13.8. The van der Waals surface area contributed by atoms with Crippen LogP contribution in [0, 0.1) is 12.3 Å². The van der Waals surface area contributed by atoms with E-state index in [2.05, 4.69) is 15.6 Å². The van der Waals surface area contributed by atoms with Crippen LogP contribution in [0.5, 0.6) is 5.75 Å². The van der Waals surface area contributed by atoms with Crippen molar-refractivity contribution in [2.45, 2.75) is 65.3 Å². The number of hydrogen-bond donors (Lipinski definition) is 4. The summed E-state index contributed by atoms with van der Waals surface area (Å²) in [4.78, 5) is 46.6. The molecule has 0 spiro atoms. The zero-order valence-electron chi connectivity index (χ0n) is 26.2. The summed E-state index contributed by atoms with van der Waals surface area (Å²) in [5.74, 6) is -0.432. The SMILES string of the molecule is Cc1ncsc1-c1ccc(CNC(=O)[C@@H]2C[C@@H](O)CN2C(=O)[C@@H](NC(=O)CCOCCOc2ccc(N)cc2)C(C)(C)C)cc1. The molecule has 2 aromatic carbocycles. The van der Waals surface area contributed by atoms with E-state index >= 15 is 0 Å². The van der Waals surface area contributed by atoms with Gasteiger partial charge in [-0.1, -0.05) is 45.0 Å². The molecule has 1 saturated heterocycles. The molecule has 242 valence electrons. The van der Waals surface area contributed by atoms with E-state index in [1.54, 1.807) is 35.6 Å². The molecule has 0 bridgehead atoms. The summed E-state index contributed by atoms with van der Waals surface area (Å²) in [6.07, 6.45) is -0.666. The lowest BCUT2D eigenvalue weighted by molar-refractivity contribution is -0.144. The maximum atomic E-state index is 13.8. The molecular formula is C33H43N5O6S. The Bertz CT molecular complexity index is 1440. The third kappa shape index (κ3) is 9.49. The van der Waals surface area contributed by atoms with E-state index in [0.717, 1.165) is 21.7 Å². The Morgan fingerprint density at radius 2 is 1.80 bits per heavy atom. The van der Waals surface area contributed by atoms with E-state index in [1.165, 1.54) is 4.90 Å². The average Bonchev–Trinajstić information content (AvgIpc) is 3.62. The number of carbonyl (C=O) groups is 3. The van der Waals surface area contributed by atoms with Crippen molar-refractivity contribution in [3.8, 4) is 16.2 Å². The molecule has 3 amide bonds. The molecule has 3 atom stereocenters. The van der Waals surface area contributed by atoms with Gasteiger partial charge < -0.3 is 35.8 Å². The normalized spacial score (nSPS) is 17.1. The third-order valence-electron chi connectivity index (χ3n) is 7.56. The highest BCUT2D eigenvalue weighted by molar-refractivity contribution is 7.13. The van der Waals surface area contributed by atoms with Crippen molar-refractivity contribution in [1.82, 2.24) is 20.5 Å². The second kappa shape index (κ2) is 15.3.